The first-order chi connectivity index (χ1) is 16.5. The molecule has 1 aliphatic heterocycles. The van der Waals surface area contributed by atoms with Crippen molar-refractivity contribution in [3.63, 3.8) is 0 Å². The fraction of sp³-hybridized carbons (Fsp3) is 0.296. The van der Waals surface area contributed by atoms with Crippen LogP contribution in [0.1, 0.15) is 39.2 Å². The number of thioether (sulfide) groups is 1. The molecule has 2 heterocycles. The fourth-order valence-corrected chi connectivity index (χ4v) is 4.93. The van der Waals surface area contributed by atoms with Gasteiger partial charge in [0.15, 0.2) is 0 Å². The molecular formula is C27H29N3O2S2. The van der Waals surface area contributed by atoms with Crippen LogP contribution in [0.25, 0.3) is 23.0 Å². The molecule has 1 fully saturated rings. The number of amides is 1. The molecule has 4 rings (SSSR count). The highest BCUT2D eigenvalue weighted by molar-refractivity contribution is 8.26. The number of nitrogens with zero attached hydrogens (tertiary/aromatic N) is 3. The van der Waals surface area contributed by atoms with E-state index in [9.17, 15) is 4.79 Å². The van der Waals surface area contributed by atoms with Gasteiger partial charge in [-0.2, -0.15) is 5.10 Å². The zero-order valence-electron chi connectivity index (χ0n) is 19.7. The maximum absolute atomic E-state index is 13.1. The number of thiocarbonyl (C=S) groups is 1. The molecule has 7 heteroatoms. The molecule has 2 aromatic carbocycles. The van der Waals surface area contributed by atoms with Crippen molar-refractivity contribution in [2.24, 2.45) is 5.92 Å². The van der Waals surface area contributed by atoms with Gasteiger partial charge in [0.2, 0.25) is 0 Å². The zero-order chi connectivity index (χ0) is 24.1. The van der Waals surface area contributed by atoms with Crippen molar-refractivity contribution in [1.82, 2.24) is 14.7 Å². The molecule has 0 atom stereocenters. The number of hydrogen-bond acceptors (Lipinski definition) is 5. The highest BCUT2D eigenvalue weighted by atomic mass is 32.2. The Balaban J connectivity index is 1.73. The van der Waals surface area contributed by atoms with Crippen LogP contribution in [-0.2, 0) is 4.79 Å². The molecule has 176 valence electrons. The highest BCUT2D eigenvalue weighted by Crippen LogP contribution is 2.35. The monoisotopic (exact) mass is 491 g/mol. The Morgan fingerprint density at radius 2 is 1.94 bits per heavy atom. The largest absolute Gasteiger partial charge is 0.494 e. The normalized spacial score (nSPS) is 15.1. The summed E-state index contributed by atoms with van der Waals surface area (Å²) in [6.45, 7) is 7.62. The Hall–Kier alpha value is -2.90. The molecule has 0 spiro atoms. The first-order valence-electron chi connectivity index (χ1n) is 11.6. The summed E-state index contributed by atoms with van der Waals surface area (Å²) in [6, 6.07) is 17.9. The second kappa shape index (κ2) is 11.0. The van der Waals surface area contributed by atoms with Crippen LogP contribution in [-0.4, -0.2) is 38.1 Å². The molecule has 0 N–H and O–H groups in total. The summed E-state index contributed by atoms with van der Waals surface area (Å²) < 4.78 is 8.38. The number of carbonyl (C=O) groups is 1. The number of rotatable bonds is 9. The highest BCUT2D eigenvalue weighted by Gasteiger charge is 2.32. The van der Waals surface area contributed by atoms with E-state index in [1.54, 1.807) is 4.90 Å². The lowest BCUT2D eigenvalue weighted by Crippen LogP contribution is -2.31. The van der Waals surface area contributed by atoms with E-state index in [1.807, 2.05) is 71.6 Å². The summed E-state index contributed by atoms with van der Waals surface area (Å²) in [4.78, 5) is 15.4. The Kier molecular flexibility index (Phi) is 7.85. The molecule has 0 unspecified atom stereocenters. The molecule has 0 bridgehead atoms. The summed E-state index contributed by atoms with van der Waals surface area (Å²) in [6.07, 6.45) is 5.97. The second-order valence-electron chi connectivity index (χ2n) is 8.63. The van der Waals surface area contributed by atoms with Crippen molar-refractivity contribution in [3.8, 4) is 22.7 Å². The van der Waals surface area contributed by atoms with Crippen molar-refractivity contribution >= 4 is 40.3 Å². The van der Waals surface area contributed by atoms with Gasteiger partial charge in [0.05, 0.1) is 17.2 Å². The van der Waals surface area contributed by atoms with Crippen molar-refractivity contribution < 1.29 is 9.53 Å². The third-order valence-electron chi connectivity index (χ3n) is 5.35. The first-order valence-corrected chi connectivity index (χ1v) is 12.8. The van der Waals surface area contributed by atoms with E-state index in [0.29, 0.717) is 28.3 Å². The van der Waals surface area contributed by atoms with Crippen LogP contribution in [0.4, 0.5) is 0 Å². The molecule has 0 aliphatic carbocycles. The minimum atomic E-state index is -0.0428. The predicted octanol–water partition coefficient (Wildman–Crippen LogP) is 6.58. The molecule has 0 radical (unpaired) electrons. The van der Waals surface area contributed by atoms with Crippen LogP contribution in [0.15, 0.2) is 65.7 Å². The number of unbranched alkanes of at least 4 members (excludes halogenated alkanes) is 1. The molecule has 0 saturated carbocycles. The van der Waals surface area contributed by atoms with Gasteiger partial charge in [-0.25, -0.2) is 4.68 Å². The van der Waals surface area contributed by atoms with Crippen molar-refractivity contribution in [2.75, 3.05) is 13.2 Å². The van der Waals surface area contributed by atoms with E-state index in [-0.39, 0.29) is 5.91 Å². The third kappa shape index (κ3) is 5.59. The SMILES string of the molecule is CCCCOc1cccc(-c2nn(-c3ccccc3)cc2/C=C2\SC(=S)N(CC(C)C)C2=O)c1. The average Bonchev–Trinajstić information content (AvgIpc) is 3.36. The summed E-state index contributed by atoms with van der Waals surface area (Å²) in [5, 5.41) is 4.89. The summed E-state index contributed by atoms with van der Waals surface area (Å²) >= 11 is 6.85. The average molecular weight is 492 g/mol. The van der Waals surface area contributed by atoms with E-state index in [0.717, 1.165) is 41.1 Å². The molecule has 1 saturated heterocycles. The quantitative estimate of drug-likeness (QED) is 0.192. The lowest BCUT2D eigenvalue weighted by atomic mass is 10.1. The van der Waals surface area contributed by atoms with Gasteiger partial charge >= 0.3 is 0 Å². The number of aromatic nitrogens is 2. The minimum Gasteiger partial charge on any atom is -0.494 e. The smallest absolute Gasteiger partial charge is 0.266 e. The van der Waals surface area contributed by atoms with E-state index in [4.69, 9.17) is 22.1 Å². The summed E-state index contributed by atoms with van der Waals surface area (Å²) in [5.74, 6) is 1.11. The Bertz CT molecular complexity index is 1200. The first kappa shape index (κ1) is 24.2. The van der Waals surface area contributed by atoms with Crippen LogP contribution in [0.5, 0.6) is 5.75 Å². The Morgan fingerprint density at radius 3 is 2.68 bits per heavy atom. The van der Waals surface area contributed by atoms with Crippen molar-refractivity contribution in [3.05, 3.63) is 71.3 Å². The summed E-state index contributed by atoms with van der Waals surface area (Å²) in [7, 11) is 0. The minimum absolute atomic E-state index is 0.0428. The lowest BCUT2D eigenvalue weighted by Gasteiger charge is -2.16. The maximum Gasteiger partial charge on any atom is 0.266 e. The third-order valence-corrected chi connectivity index (χ3v) is 6.72. The van der Waals surface area contributed by atoms with Gasteiger partial charge in [0, 0.05) is 23.9 Å². The van der Waals surface area contributed by atoms with Crippen LogP contribution in [0.3, 0.4) is 0 Å². The zero-order valence-corrected chi connectivity index (χ0v) is 21.4. The number of para-hydroxylation sites is 1. The van der Waals surface area contributed by atoms with Crippen LogP contribution >= 0.6 is 24.0 Å². The van der Waals surface area contributed by atoms with E-state index >= 15 is 0 Å². The number of hydrogen-bond donors (Lipinski definition) is 0. The second-order valence-corrected chi connectivity index (χ2v) is 10.3. The fourth-order valence-electron chi connectivity index (χ4n) is 3.66. The van der Waals surface area contributed by atoms with Crippen LogP contribution in [0.2, 0.25) is 0 Å². The molecule has 34 heavy (non-hydrogen) atoms. The number of benzene rings is 2. The molecule has 1 aromatic heterocycles. The van der Waals surface area contributed by atoms with Gasteiger partial charge in [-0.15, -0.1) is 0 Å². The van der Waals surface area contributed by atoms with E-state index in [2.05, 4.69) is 20.8 Å². The maximum atomic E-state index is 13.1. The van der Waals surface area contributed by atoms with Crippen molar-refractivity contribution in [1.29, 1.82) is 0 Å². The van der Waals surface area contributed by atoms with E-state index < -0.39 is 0 Å². The standard InChI is InChI=1S/C27H29N3O2S2/c1-4-5-14-32-23-13-9-10-20(15-23)25-21(18-30(28-25)22-11-7-6-8-12-22)16-24-26(31)29(17-19(2)3)27(33)34-24/h6-13,15-16,18-19H,4-5,14,17H2,1-3H3/b24-16-. The lowest BCUT2D eigenvalue weighted by molar-refractivity contribution is -0.122. The molecule has 1 aliphatic rings. The molecule has 3 aromatic rings. The Labute approximate surface area is 210 Å². The number of carbonyl (C=O) groups excluding carboxylic acids is 1. The predicted molar refractivity (Wildman–Crippen MR) is 144 cm³/mol. The van der Waals surface area contributed by atoms with Gasteiger partial charge in [0.25, 0.3) is 5.91 Å². The van der Waals surface area contributed by atoms with E-state index in [1.165, 1.54) is 11.8 Å². The topological polar surface area (TPSA) is 47.4 Å². The molecular weight excluding hydrogens is 462 g/mol. The number of ether oxygens (including phenoxy) is 1. The molecule has 5 nitrogen and oxygen atoms in total. The van der Waals surface area contributed by atoms with Gasteiger partial charge in [-0.05, 0) is 42.7 Å². The van der Waals surface area contributed by atoms with Gasteiger partial charge in [0.1, 0.15) is 15.8 Å². The van der Waals surface area contributed by atoms with Crippen LogP contribution < -0.4 is 4.74 Å². The Morgan fingerprint density at radius 1 is 1.15 bits per heavy atom. The van der Waals surface area contributed by atoms with Gasteiger partial charge in [-0.3, -0.25) is 9.69 Å². The summed E-state index contributed by atoms with van der Waals surface area (Å²) in [5.41, 5.74) is 3.54. The van der Waals surface area contributed by atoms with Crippen LogP contribution in [0, 0.1) is 5.92 Å². The molecule has 1 amide bonds. The van der Waals surface area contributed by atoms with Gasteiger partial charge < -0.3 is 4.74 Å². The van der Waals surface area contributed by atoms with Crippen molar-refractivity contribution in [2.45, 2.75) is 33.6 Å². The van der Waals surface area contributed by atoms with Gasteiger partial charge in [-0.1, -0.05) is 81.5 Å².